The van der Waals surface area contributed by atoms with Crippen LogP contribution in [-0.4, -0.2) is 30.3 Å². The van der Waals surface area contributed by atoms with Gasteiger partial charge in [-0.05, 0) is 41.5 Å². The number of alkyl carbamates (subject to hydrolysis) is 1. The third-order valence-electron chi connectivity index (χ3n) is 4.25. The number of aliphatic carboxylic acids is 1. The van der Waals surface area contributed by atoms with Gasteiger partial charge >= 0.3 is 12.1 Å². The average Bonchev–Trinajstić information content (AvgIpc) is 2.70. The summed E-state index contributed by atoms with van der Waals surface area (Å²) in [4.78, 5) is 22.1. The van der Waals surface area contributed by atoms with Gasteiger partial charge in [0.2, 0.25) is 0 Å². The summed E-state index contributed by atoms with van der Waals surface area (Å²) in [7, 11) is 0. The first kappa shape index (κ1) is 15.3. The van der Waals surface area contributed by atoms with E-state index in [9.17, 15) is 9.59 Å². The van der Waals surface area contributed by atoms with Gasteiger partial charge in [-0.2, -0.15) is 0 Å². The van der Waals surface area contributed by atoms with E-state index in [1.54, 1.807) is 0 Å². The number of carbonyl (C=O) groups is 2. The van der Waals surface area contributed by atoms with Crippen molar-refractivity contribution in [3.8, 4) is 0 Å². The summed E-state index contributed by atoms with van der Waals surface area (Å²) in [6.07, 6.45) is 6.83. The Morgan fingerprint density at radius 2 is 2.13 bits per heavy atom. The van der Waals surface area contributed by atoms with Gasteiger partial charge in [-0.3, -0.25) is 4.79 Å². The number of allylic oxidation sites excluding steroid dienone is 3. The Kier molecular flexibility index (Phi) is 4.46. The van der Waals surface area contributed by atoms with E-state index in [2.05, 4.69) is 29.6 Å². The fourth-order valence-electron chi connectivity index (χ4n) is 3.25. The fourth-order valence-corrected chi connectivity index (χ4v) is 3.25. The number of carboxylic acid groups (broad SMARTS) is 1. The molecule has 0 saturated heterocycles. The molecule has 2 N–H and O–H groups in total. The highest BCUT2D eigenvalue weighted by Crippen LogP contribution is 2.45. The van der Waals surface area contributed by atoms with Crippen LogP contribution in [0.1, 0.15) is 36.3 Å². The van der Waals surface area contributed by atoms with E-state index in [4.69, 9.17) is 9.84 Å². The van der Waals surface area contributed by atoms with Gasteiger partial charge in [0, 0.05) is 5.92 Å². The Hall–Kier alpha value is -2.56. The van der Waals surface area contributed by atoms with Crippen molar-refractivity contribution in [1.29, 1.82) is 0 Å². The first-order valence-electron chi connectivity index (χ1n) is 7.78. The molecule has 1 amide bonds. The quantitative estimate of drug-likeness (QED) is 0.895. The predicted octanol–water partition coefficient (Wildman–Crippen LogP) is 3.09. The molecule has 0 radical (unpaired) electrons. The van der Waals surface area contributed by atoms with Gasteiger partial charge in [-0.1, -0.05) is 36.4 Å². The fraction of sp³-hybridized carbons (Fsp3) is 0.333. The molecular weight excluding hydrogens is 294 g/mol. The van der Waals surface area contributed by atoms with Crippen LogP contribution in [-0.2, 0) is 9.53 Å². The standard InChI is InChI=1S/C18H19NO4/c20-17(21)10-19-18(22)23-11-16-14-7-3-1-2-6-12(14)13-8-4-5-9-15(13)16/h3-5,7-9,16H,1-2,6,10-11H2,(H,19,22)(H,20,21). The summed E-state index contributed by atoms with van der Waals surface area (Å²) in [5.74, 6) is -1.07. The molecule has 23 heavy (non-hydrogen) atoms. The number of hydrogen-bond acceptors (Lipinski definition) is 3. The van der Waals surface area contributed by atoms with Crippen LogP contribution < -0.4 is 5.32 Å². The zero-order valence-corrected chi connectivity index (χ0v) is 12.7. The van der Waals surface area contributed by atoms with Crippen LogP contribution in [0.15, 0.2) is 42.0 Å². The Morgan fingerprint density at radius 3 is 2.96 bits per heavy atom. The number of ether oxygens (including phenoxy) is 1. The predicted molar refractivity (Wildman–Crippen MR) is 86.1 cm³/mol. The maximum atomic E-state index is 11.6. The Balaban J connectivity index is 1.76. The molecule has 1 aromatic carbocycles. The van der Waals surface area contributed by atoms with Crippen LogP contribution in [0.25, 0.3) is 5.57 Å². The molecule has 2 aliphatic carbocycles. The topological polar surface area (TPSA) is 75.6 Å². The minimum atomic E-state index is -1.09. The Bertz CT molecular complexity index is 690. The normalized spacial score (nSPS) is 18.9. The molecule has 3 rings (SSSR count). The second-order valence-corrected chi connectivity index (χ2v) is 5.71. The smallest absolute Gasteiger partial charge is 0.407 e. The molecule has 1 unspecified atom stereocenters. The van der Waals surface area contributed by atoms with Gasteiger partial charge in [0.05, 0.1) is 0 Å². The van der Waals surface area contributed by atoms with Crippen LogP contribution >= 0.6 is 0 Å². The molecule has 0 aliphatic heterocycles. The van der Waals surface area contributed by atoms with Gasteiger partial charge in [0.15, 0.2) is 0 Å². The van der Waals surface area contributed by atoms with Crippen molar-refractivity contribution in [3.63, 3.8) is 0 Å². The molecular formula is C18H19NO4. The van der Waals surface area contributed by atoms with Gasteiger partial charge in [0.1, 0.15) is 13.2 Å². The van der Waals surface area contributed by atoms with Crippen LogP contribution in [0.3, 0.4) is 0 Å². The number of rotatable bonds is 4. The first-order chi connectivity index (χ1) is 11.2. The zero-order chi connectivity index (χ0) is 16.2. The summed E-state index contributed by atoms with van der Waals surface area (Å²) in [6, 6.07) is 8.21. The number of carbonyl (C=O) groups excluding carboxylic acids is 1. The van der Waals surface area contributed by atoms with Gasteiger partial charge < -0.3 is 15.2 Å². The van der Waals surface area contributed by atoms with Crippen molar-refractivity contribution in [2.45, 2.75) is 25.2 Å². The lowest BCUT2D eigenvalue weighted by Crippen LogP contribution is -2.30. The molecule has 1 atom stereocenters. The lowest BCUT2D eigenvalue weighted by molar-refractivity contribution is -0.135. The molecule has 0 fully saturated rings. The number of hydrogen-bond donors (Lipinski definition) is 2. The summed E-state index contributed by atoms with van der Waals surface area (Å²) in [5, 5.41) is 10.8. The average molecular weight is 313 g/mol. The third kappa shape index (κ3) is 3.28. The van der Waals surface area contributed by atoms with E-state index in [0.29, 0.717) is 0 Å². The number of amides is 1. The van der Waals surface area contributed by atoms with Crippen molar-refractivity contribution < 1.29 is 19.4 Å². The van der Waals surface area contributed by atoms with Crippen LogP contribution in [0, 0.1) is 0 Å². The van der Waals surface area contributed by atoms with E-state index >= 15 is 0 Å². The van der Waals surface area contributed by atoms with Crippen LogP contribution in [0.4, 0.5) is 4.79 Å². The second-order valence-electron chi connectivity index (χ2n) is 5.71. The molecule has 5 heteroatoms. The summed E-state index contributed by atoms with van der Waals surface area (Å²) in [5.41, 5.74) is 4.98. The molecule has 120 valence electrons. The Labute approximate surface area is 134 Å². The van der Waals surface area contributed by atoms with E-state index in [1.807, 2.05) is 12.1 Å². The van der Waals surface area contributed by atoms with Gasteiger partial charge in [-0.15, -0.1) is 0 Å². The van der Waals surface area contributed by atoms with E-state index < -0.39 is 18.6 Å². The molecule has 0 heterocycles. The zero-order valence-electron chi connectivity index (χ0n) is 12.7. The molecule has 0 spiro atoms. The summed E-state index contributed by atoms with van der Waals surface area (Å²) >= 11 is 0. The minimum Gasteiger partial charge on any atom is -0.480 e. The summed E-state index contributed by atoms with van der Waals surface area (Å²) in [6.45, 7) is -0.223. The second kappa shape index (κ2) is 6.69. The van der Waals surface area contributed by atoms with Crippen molar-refractivity contribution in [2.24, 2.45) is 0 Å². The molecule has 0 bridgehead atoms. The van der Waals surface area contributed by atoms with Crippen molar-refractivity contribution in [3.05, 3.63) is 53.1 Å². The van der Waals surface area contributed by atoms with Crippen LogP contribution in [0.2, 0.25) is 0 Å². The largest absolute Gasteiger partial charge is 0.480 e. The maximum Gasteiger partial charge on any atom is 0.407 e. The maximum absolute atomic E-state index is 11.6. The summed E-state index contributed by atoms with van der Waals surface area (Å²) < 4.78 is 5.24. The molecule has 0 saturated carbocycles. The third-order valence-corrected chi connectivity index (χ3v) is 4.25. The molecule has 0 aromatic heterocycles. The Morgan fingerprint density at radius 1 is 1.30 bits per heavy atom. The minimum absolute atomic E-state index is 0.0196. The van der Waals surface area contributed by atoms with Crippen molar-refractivity contribution in [1.82, 2.24) is 5.32 Å². The SMILES string of the molecule is O=C(O)CNC(=O)OCC1C2=C(CCCC=C2)c2ccccc21. The first-order valence-corrected chi connectivity index (χ1v) is 7.78. The molecule has 2 aliphatic rings. The van der Waals surface area contributed by atoms with E-state index in [-0.39, 0.29) is 12.5 Å². The van der Waals surface area contributed by atoms with E-state index in [1.165, 1.54) is 22.3 Å². The lowest BCUT2D eigenvalue weighted by Gasteiger charge is -2.15. The molecule has 5 nitrogen and oxygen atoms in total. The van der Waals surface area contributed by atoms with Gasteiger partial charge in [0.25, 0.3) is 0 Å². The highest BCUT2D eigenvalue weighted by Gasteiger charge is 2.30. The van der Waals surface area contributed by atoms with Gasteiger partial charge in [-0.25, -0.2) is 4.79 Å². The highest BCUT2D eigenvalue weighted by molar-refractivity contribution is 5.81. The number of benzene rings is 1. The van der Waals surface area contributed by atoms with E-state index in [0.717, 1.165) is 19.3 Å². The number of carboxylic acids is 1. The highest BCUT2D eigenvalue weighted by atomic mass is 16.5. The molecule has 1 aromatic rings. The van der Waals surface area contributed by atoms with Crippen molar-refractivity contribution >= 4 is 17.6 Å². The van der Waals surface area contributed by atoms with Crippen molar-refractivity contribution in [2.75, 3.05) is 13.2 Å². The number of fused-ring (bicyclic) bond motifs is 2. The number of nitrogens with one attached hydrogen (secondary N) is 1. The van der Waals surface area contributed by atoms with Crippen LogP contribution in [0.5, 0.6) is 0 Å². The monoisotopic (exact) mass is 313 g/mol. The lowest BCUT2D eigenvalue weighted by atomic mass is 9.96.